The molecule has 0 spiro atoms. The van der Waals surface area contributed by atoms with Crippen molar-refractivity contribution in [2.24, 2.45) is 17.8 Å². The SMILES string of the molecule is COc1ccc([C@@H]2c3sc(=O)n(CC(=O)Nc4ccc(F)cc4)c3S[C@@H]3[C@H]4CC[C@@H](C4)[C@@H]23)cc1. The molecule has 1 amide bonds. The number of carbonyl (C=O) groups excluding carboxylic acids is 1. The Bertz CT molecular complexity index is 1280. The first-order valence-corrected chi connectivity index (χ1v) is 13.3. The Balaban J connectivity index is 1.35. The fourth-order valence-electron chi connectivity index (χ4n) is 6.15. The third-order valence-electron chi connectivity index (χ3n) is 7.60. The molecule has 176 valence electrons. The van der Waals surface area contributed by atoms with Crippen molar-refractivity contribution >= 4 is 34.7 Å². The molecule has 1 aliphatic heterocycles. The molecule has 2 aliphatic carbocycles. The number of carbonyl (C=O) groups is 1. The van der Waals surface area contributed by atoms with Gasteiger partial charge in [0.1, 0.15) is 18.1 Å². The lowest BCUT2D eigenvalue weighted by atomic mass is 9.75. The van der Waals surface area contributed by atoms with Gasteiger partial charge in [0.2, 0.25) is 5.91 Å². The van der Waals surface area contributed by atoms with Crippen LogP contribution in [0.4, 0.5) is 10.1 Å². The molecule has 5 atom stereocenters. The lowest BCUT2D eigenvalue weighted by molar-refractivity contribution is -0.116. The first-order valence-electron chi connectivity index (χ1n) is 11.6. The van der Waals surface area contributed by atoms with Crippen LogP contribution in [0.2, 0.25) is 0 Å². The zero-order valence-electron chi connectivity index (χ0n) is 18.7. The smallest absolute Gasteiger partial charge is 0.308 e. The van der Waals surface area contributed by atoms with Gasteiger partial charge in [-0.15, -0.1) is 11.8 Å². The third kappa shape index (κ3) is 3.67. The summed E-state index contributed by atoms with van der Waals surface area (Å²) in [5, 5.41) is 4.20. The van der Waals surface area contributed by atoms with Crippen molar-refractivity contribution in [2.75, 3.05) is 12.4 Å². The number of anilines is 1. The first-order chi connectivity index (χ1) is 16.5. The summed E-state index contributed by atoms with van der Waals surface area (Å²) in [6, 6.07) is 13.9. The standard InChI is InChI=1S/C26H25FN2O3S2/c1-32-19-10-4-14(5-11-19)21-22-15-2-3-16(12-15)23(22)33-25-24(21)34-26(31)29(25)13-20(30)28-18-8-6-17(27)7-9-18/h4-11,15-16,21-23H,2-3,12-13H2,1H3,(H,28,30)/t15-,16-,21-,22-,23+/m0/s1. The summed E-state index contributed by atoms with van der Waals surface area (Å²) in [6.45, 7) is -0.0458. The molecule has 1 N–H and O–H groups in total. The number of methoxy groups -OCH3 is 1. The lowest BCUT2D eigenvalue weighted by Gasteiger charge is -2.40. The minimum Gasteiger partial charge on any atom is -0.497 e. The number of ether oxygens (including phenoxy) is 1. The molecule has 2 aromatic carbocycles. The largest absolute Gasteiger partial charge is 0.497 e. The molecule has 3 aliphatic rings. The van der Waals surface area contributed by atoms with E-state index in [9.17, 15) is 14.0 Å². The number of nitrogens with one attached hydrogen (secondary N) is 1. The number of fused-ring (bicyclic) bond motifs is 6. The molecular formula is C26H25FN2O3S2. The van der Waals surface area contributed by atoms with Crippen LogP contribution in [0.1, 0.15) is 35.6 Å². The van der Waals surface area contributed by atoms with Crippen LogP contribution in [-0.2, 0) is 11.3 Å². The normalized spacial score (nSPS) is 26.7. The average molecular weight is 497 g/mol. The Labute approximate surface area is 205 Å². The molecule has 5 nitrogen and oxygen atoms in total. The Morgan fingerprint density at radius 3 is 2.59 bits per heavy atom. The summed E-state index contributed by atoms with van der Waals surface area (Å²) >= 11 is 3.10. The number of benzene rings is 2. The second-order valence-corrected chi connectivity index (χ2v) is 11.6. The third-order valence-corrected chi connectivity index (χ3v) is 10.4. The van der Waals surface area contributed by atoms with Gasteiger partial charge in [-0.05, 0) is 79.0 Å². The van der Waals surface area contributed by atoms with Gasteiger partial charge in [0.15, 0.2) is 0 Å². The van der Waals surface area contributed by atoms with Gasteiger partial charge >= 0.3 is 4.87 Å². The second kappa shape index (κ2) is 8.57. The van der Waals surface area contributed by atoms with E-state index in [-0.39, 0.29) is 29.1 Å². The number of thioether (sulfide) groups is 1. The monoisotopic (exact) mass is 496 g/mol. The molecule has 0 unspecified atom stereocenters. The topological polar surface area (TPSA) is 60.3 Å². The van der Waals surface area contributed by atoms with Crippen LogP contribution in [0.5, 0.6) is 5.75 Å². The number of aromatic nitrogens is 1. The van der Waals surface area contributed by atoms with Crippen LogP contribution < -0.4 is 14.9 Å². The highest BCUT2D eigenvalue weighted by molar-refractivity contribution is 8.00. The second-order valence-electron chi connectivity index (χ2n) is 9.42. The molecule has 34 heavy (non-hydrogen) atoms. The highest BCUT2D eigenvalue weighted by Crippen LogP contribution is 2.64. The van der Waals surface area contributed by atoms with Gasteiger partial charge in [-0.1, -0.05) is 23.5 Å². The number of hydrogen-bond acceptors (Lipinski definition) is 5. The molecule has 0 saturated heterocycles. The summed E-state index contributed by atoms with van der Waals surface area (Å²) in [4.78, 5) is 26.9. The summed E-state index contributed by atoms with van der Waals surface area (Å²) < 4.78 is 20.2. The first kappa shape index (κ1) is 21.9. The van der Waals surface area contributed by atoms with Crippen LogP contribution >= 0.6 is 23.1 Å². The van der Waals surface area contributed by atoms with Crippen LogP contribution in [0.3, 0.4) is 0 Å². The van der Waals surface area contributed by atoms with Crippen molar-refractivity contribution in [3.05, 3.63) is 74.5 Å². The van der Waals surface area contributed by atoms with Crippen molar-refractivity contribution in [3.8, 4) is 5.75 Å². The summed E-state index contributed by atoms with van der Waals surface area (Å²) in [7, 11) is 1.67. The van der Waals surface area contributed by atoms with E-state index in [0.29, 0.717) is 28.7 Å². The van der Waals surface area contributed by atoms with E-state index in [4.69, 9.17) is 4.74 Å². The molecule has 3 aromatic rings. The highest BCUT2D eigenvalue weighted by Gasteiger charge is 2.55. The summed E-state index contributed by atoms with van der Waals surface area (Å²) in [6.07, 6.45) is 3.78. The van der Waals surface area contributed by atoms with E-state index in [1.807, 2.05) is 23.9 Å². The molecule has 1 aromatic heterocycles. The van der Waals surface area contributed by atoms with Crippen molar-refractivity contribution in [1.29, 1.82) is 0 Å². The maximum absolute atomic E-state index is 13.2. The molecule has 2 heterocycles. The zero-order valence-corrected chi connectivity index (χ0v) is 20.3. The van der Waals surface area contributed by atoms with E-state index in [2.05, 4.69) is 17.4 Å². The number of halogens is 1. The number of rotatable bonds is 5. The molecule has 2 bridgehead atoms. The highest BCUT2D eigenvalue weighted by atomic mass is 32.2. The molecule has 6 rings (SSSR count). The van der Waals surface area contributed by atoms with Crippen LogP contribution in [0.15, 0.2) is 58.4 Å². The number of thiazole rings is 1. The molecular weight excluding hydrogens is 471 g/mol. The van der Waals surface area contributed by atoms with E-state index in [1.54, 1.807) is 11.7 Å². The molecule has 2 fully saturated rings. The number of nitrogens with zero attached hydrogens (tertiary/aromatic N) is 1. The predicted octanol–water partition coefficient (Wildman–Crippen LogP) is 5.35. The maximum atomic E-state index is 13.2. The van der Waals surface area contributed by atoms with E-state index >= 15 is 0 Å². The van der Waals surface area contributed by atoms with Crippen LogP contribution in [0, 0.1) is 23.6 Å². The fraction of sp³-hybridized carbons (Fsp3) is 0.385. The predicted molar refractivity (Wildman–Crippen MR) is 132 cm³/mol. The van der Waals surface area contributed by atoms with Gasteiger partial charge in [0, 0.05) is 21.7 Å². The van der Waals surface area contributed by atoms with Gasteiger partial charge in [0.25, 0.3) is 0 Å². The minimum atomic E-state index is -0.359. The average Bonchev–Trinajstić information content (AvgIpc) is 3.54. The number of amides is 1. The van der Waals surface area contributed by atoms with Crippen molar-refractivity contribution in [3.63, 3.8) is 0 Å². The molecule has 8 heteroatoms. The van der Waals surface area contributed by atoms with Crippen molar-refractivity contribution in [1.82, 2.24) is 4.57 Å². The maximum Gasteiger partial charge on any atom is 0.308 e. The van der Waals surface area contributed by atoms with Crippen LogP contribution in [-0.4, -0.2) is 22.8 Å². The fourth-order valence-corrected chi connectivity index (χ4v) is 9.30. The summed E-state index contributed by atoms with van der Waals surface area (Å²) in [5.41, 5.74) is 1.73. The van der Waals surface area contributed by atoms with Crippen LogP contribution in [0.25, 0.3) is 0 Å². The quantitative estimate of drug-likeness (QED) is 0.517. The molecule has 0 radical (unpaired) electrons. The van der Waals surface area contributed by atoms with Gasteiger partial charge in [-0.2, -0.15) is 0 Å². The zero-order chi connectivity index (χ0) is 23.4. The Hall–Kier alpha value is -2.58. The Morgan fingerprint density at radius 2 is 1.85 bits per heavy atom. The number of hydrogen-bond donors (Lipinski definition) is 1. The van der Waals surface area contributed by atoms with E-state index < -0.39 is 0 Å². The summed E-state index contributed by atoms with van der Waals surface area (Å²) in [5.74, 6) is 2.22. The van der Waals surface area contributed by atoms with Gasteiger partial charge in [0.05, 0.1) is 12.1 Å². The molecule has 2 saturated carbocycles. The van der Waals surface area contributed by atoms with Gasteiger partial charge < -0.3 is 10.1 Å². The van der Waals surface area contributed by atoms with E-state index in [0.717, 1.165) is 15.7 Å². The lowest BCUT2D eigenvalue weighted by Crippen LogP contribution is -2.34. The Morgan fingerprint density at radius 1 is 1.12 bits per heavy atom. The van der Waals surface area contributed by atoms with Crippen molar-refractivity contribution in [2.45, 2.75) is 42.0 Å². The Kier molecular flexibility index (Phi) is 5.53. The van der Waals surface area contributed by atoms with E-state index in [1.165, 1.54) is 60.4 Å². The van der Waals surface area contributed by atoms with Crippen molar-refractivity contribution < 1.29 is 13.9 Å². The van der Waals surface area contributed by atoms with Gasteiger partial charge in [-0.25, -0.2) is 4.39 Å². The minimum absolute atomic E-state index is 0.0458. The van der Waals surface area contributed by atoms with Gasteiger partial charge in [-0.3, -0.25) is 14.2 Å².